The van der Waals surface area contributed by atoms with Gasteiger partial charge in [0.1, 0.15) is 18.2 Å². The number of nitrogens with zero attached hydrogens (tertiary/aromatic N) is 4. The number of hydrogen-bond acceptors (Lipinski definition) is 7. The fourth-order valence-electron chi connectivity index (χ4n) is 6.33. The zero-order valence-corrected chi connectivity index (χ0v) is 21.7. The zero-order valence-electron chi connectivity index (χ0n) is 20.9. The second-order valence-electron chi connectivity index (χ2n) is 10.8. The lowest BCUT2D eigenvalue weighted by atomic mass is 9.78. The van der Waals surface area contributed by atoms with E-state index in [0.717, 1.165) is 45.8 Å². The highest BCUT2D eigenvalue weighted by atomic mass is 32.2. The fourth-order valence-corrected chi connectivity index (χ4v) is 8.50. The number of aryl methyl sites for hydroxylation is 1. The zero-order chi connectivity index (χ0) is 26.1. The molecule has 5 heterocycles. The van der Waals surface area contributed by atoms with Gasteiger partial charge in [-0.2, -0.15) is 0 Å². The Hall–Kier alpha value is -3.66. The number of amidine groups is 1. The summed E-state index contributed by atoms with van der Waals surface area (Å²) in [7, 11) is -3.06. The van der Waals surface area contributed by atoms with Crippen molar-refractivity contribution < 1.29 is 22.4 Å². The van der Waals surface area contributed by atoms with Gasteiger partial charge in [-0.1, -0.05) is 23.4 Å². The molecule has 1 atom stereocenters. The van der Waals surface area contributed by atoms with Crippen LogP contribution in [0.4, 0.5) is 4.39 Å². The van der Waals surface area contributed by atoms with Crippen LogP contribution in [-0.2, 0) is 21.1 Å². The molecule has 0 bridgehead atoms. The molecule has 4 aliphatic heterocycles. The third-order valence-corrected chi connectivity index (χ3v) is 10.00. The number of oxime groups is 1. The van der Waals surface area contributed by atoms with Crippen molar-refractivity contribution in [2.24, 2.45) is 10.6 Å². The van der Waals surface area contributed by atoms with Crippen molar-refractivity contribution in [1.29, 1.82) is 0 Å². The maximum absolute atomic E-state index is 13.7. The number of piperidine rings is 1. The van der Waals surface area contributed by atoms with Crippen LogP contribution in [0.1, 0.15) is 34.8 Å². The van der Waals surface area contributed by atoms with Gasteiger partial charge in [-0.3, -0.25) is 0 Å². The van der Waals surface area contributed by atoms with Crippen LogP contribution in [0.15, 0.2) is 59.7 Å². The number of fused-ring (bicyclic) bond motifs is 2. The predicted octanol–water partition coefficient (Wildman–Crippen LogP) is 3.84. The Morgan fingerprint density at radius 2 is 1.97 bits per heavy atom. The normalized spacial score (nSPS) is 23.7. The highest BCUT2D eigenvalue weighted by Crippen LogP contribution is 2.47. The molecule has 4 aliphatic rings. The highest BCUT2D eigenvalue weighted by Gasteiger charge is 2.54. The molecule has 0 amide bonds. The van der Waals surface area contributed by atoms with Crippen molar-refractivity contribution >= 4 is 21.7 Å². The topological polar surface area (TPSA) is 86.0 Å². The van der Waals surface area contributed by atoms with Gasteiger partial charge in [0, 0.05) is 30.1 Å². The van der Waals surface area contributed by atoms with Crippen LogP contribution < -0.4 is 4.74 Å². The molecular formula is C28H27FN4O4S. The van der Waals surface area contributed by atoms with Gasteiger partial charge in [-0.15, -0.1) is 0 Å². The van der Waals surface area contributed by atoms with Crippen molar-refractivity contribution in [3.8, 4) is 11.4 Å². The van der Waals surface area contributed by atoms with Gasteiger partial charge in [0.25, 0.3) is 0 Å². The van der Waals surface area contributed by atoms with Crippen molar-refractivity contribution in [2.75, 3.05) is 31.3 Å². The number of halogens is 1. The van der Waals surface area contributed by atoms with Crippen LogP contribution in [0.25, 0.3) is 11.8 Å². The molecule has 2 fully saturated rings. The largest absolute Gasteiger partial charge is 0.491 e. The Morgan fingerprint density at radius 1 is 1.16 bits per heavy atom. The van der Waals surface area contributed by atoms with E-state index in [1.165, 1.54) is 12.1 Å². The average Bonchev–Trinajstić information content (AvgIpc) is 3.53. The molecule has 0 saturated carbocycles. The van der Waals surface area contributed by atoms with E-state index in [1.807, 2.05) is 23.8 Å². The van der Waals surface area contributed by atoms with Gasteiger partial charge >= 0.3 is 0 Å². The minimum absolute atomic E-state index is 0.151. The lowest BCUT2D eigenvalue weighted by Crippen LogP contribution is -2.61. The standard InChI is InChI=1S/C28H27FN4O4S/c1-18-12-32(17-30-18)24-7-4-20(23-8-9-36-26(23)24)10-21-11-28(15-38(34,35)16-28)14-33-25(13-37-31-27(21)33)19-2-5-22(29)6-3-19/h2-7,10,12,17,25H,8-9,11,13-16H2,1H3/b21-10+. The highest BCUT2D eigenvalue weighted by molar-refractivity contribution is 7.92. The summed E-state index contributed by atoms with van der Waals surface area (Å²) in [5, 5.41) is 4.45. The summed E-state index contributed by atoms with van der Waals surface area (Å²) in [5.74, 6) is 1.56. The molecule has 0 radical (unpaired) electrons. The summed E-state index contributed by atoms with van der Waals surface area (Å²) in [6.07, 6.45) is 7.25. The maximum Gasteiger partial charge on any atom is 0.172 e. The van der Waals surface area contributed by atoms with Gasteiger partial charge in [-0.05, 0) is 54.3 Å². The molecule has 2 aromatic carbocycles. The van der Waals surface area contributed by atoms with Gasteiger partial charge in [0.15, 0.2) is 15.7 Å². The number of imidazole rings is 1. The lowest BCUT2D eigenvalue weighted by molar-refractivity contribution is 0.0392. The molecule has 7 rings (SSSR count). The molecule has 10 heteroatoms. The average molecular weight is 535 g/mol. The molecule has 0 N–H and O–H groups in total. The first-order chi connectivity index (χ1) is 18.3. The van der Waals surface area contributed by atoms with Crippen LogP contribution >= 0.6 is 0 Å². The summed E-state index contributed by atoms with van der Waals surface area (Å²) >= 11 is 0. The van der Waals surface area contributed by atoms with E-state index >= 15 is 0 Å². The van der Waals surface area contributed by atoms with Crippen LogP contribution in [0.5, 0.6) is 5.75 Å². The number of ether oxygens (including phenoxy) is 1. The maximum atomic E-state index is 13.7. The summed E-state index contributed by atoms with van der Waals surface area (Å²) in [6, 6.07) is 10.3. The quantitative estimate of drug-likeness (QED) is 0.508. The summed E-state index contributed by atoms with van der Waals surface area (Å²) in [5.41, 5.74) is 5.48. The van der Waals surface area contributed by atoms with Crippen molar-refractivity contribution in [1.82, 2.24) is 14.5 Å². The Morgan fingerprint density at radius 3 is 2.71 bits per heavy atom. The summed E-state index contributed by atoms with van der Waals surface area (Å²) in [4.78, 5) is 12.2. The van der Waals surface area contributed by atoms with E-state index in [0.29, 0.717) is 32.0 Å². The first-order valence-corrected chi connectivity index (χ1v) is 14.5. The molecule has 1 unspecified atom stereocenters. The predicted molar refractivity (Wildman–Crippen MR) is 140 cm³/mol. The van der Waals surface area contributed by atoms with Crippen LogP contribution in [-0.4, -0.2) is 60.0 Å². The van der Waals surface area contributed by atoms with Crippen molar-refractivity contribution in [2.45, 2.75) is 25.8 Å². The molecule has 2 saturated heterocycles. The molecule has 1 spiro atoms. The van der Waals surface area contributed by atoms with Crippen LogP contribution in [0.3, 0.4) is 0 Å². The van der Waals surface area contributed by atoms with Crippen molar-refractivity contribution in [3.05, 3.63) is 82.7 Å². The van der Waals surface area contributed by atoms with Crippen LogP contribution in [0.2, 0.25) is 0 Å². The Balaban J connectivity index is 1.31. The second-order valence-corrected chi connectivity index (χ2v) is 12.9. The molecule has 196 valence electrons. The summed E-state index contributed by atoms with van der Waals surface area (Å²) in [6.45, 7) is 3.43. The van der Waals surface area contributed by atoms with Crippen molar-refractivity contribution in [3.63, 3.8) is 0 Å². The minimum atomic E-state index is -3.06. The minimum Gasteiger partial charge on any atom is -0.491 e. The van der Waals surface area contributed by atoms with E-state index in [-0.39, 0.29) is 28.8 Å². The van der Waals surface area contributed by atoms with Gasteiger partial charge in [-0.25, -0.2) is 17.8 Å². The van der Waals surface area contributed by atoms with E-state index in [2.05, 4.69) is 27.2 Å². The Bertz CT molecular complexity index is 1600. The van der Waals surface area contributed by atoms with E-state index in [9.17, 15) is 12.8 Å². The number of benzene rings is 2. The fraction of sp³-hybridized carbons (Fsp3) is 0.357. The monoisotopic (exact) mass is 534 g/mol. The number of rotatable bonds is 3. The molecular weight excluding hydrogens is 507 g/mol. The van der Waals surface area contributed by atoms with E-state index < -0.39 is 9.84 Å². The SMILES string of the molecule is Cc1cn(-c2ccc(/C=C3\CC4(CN5C3=NOCC5c3ccc(F)cc3)CS(=O)(=O)C4)c3c2OCC3)cn1. The molecule has 3 aromatic rings. The molecule has 38 heavy (non-hydrogen) atoms. The number of sulfone groups is 1. The summed E-state index contributed by atoms with van der Waals surface area (Å²) < 4.78 is 46.4. The lowest BCUT2D eigenvalue weighted by Gasteiger charge is -2.52. The smallest absolute Gasteiger partial charge is 0.172 e. The number of aromatic nitrogens is 2. The third kappa shape index (κ3) is 3.89. The molecule has 1 aromatic heterocycles. The Labute approximate surface area is 220 Å². The number of hydrogen-bond donors (Lipinski definition) is 0. The molecule has 8 nitrogen and oxygen atoms in total. The van der Waals surface area contributed by atoms with Gasteiger partial charge in [0.05, 0.1) is 41.9 Å². The van der Waals surface area contributed by atoms with E-state index in [1.54, 1.807) is 18.5 Å². The van der Waals surface area contributed by atoms with E-state index in [4.69, 9.17) is 9.57 Å². The van der Waals surface area contributed by atoms with Crippen LogP contribution in [0, 0.1) is 18.2 Å². The Kier molecular flexibility index (Phi) is 5.20. The van der Waals surface area contributed by atoms with Gasteiger partial charge < -0.3 is 19.0 Å². The molecule has 0 aliphatic carbocycles. The first-order valence-electron chi connectivity index (χ1n) is 12.7. The van der Waals surface area contributed by atoms with Gasteiger partial charge in [0.2, 0.25) is 0 Å². The second kappa shape index (κ2) is 8.42. The first kappa shape index (κ1) is 23.5. The third-order valence-electron chi connectivity index (χ3n) is 7.89.